The van der Waals surface area contributed by atoms with Gasteiger partial charge < -0.3 is 5.32 Å². The summed E-state index contributed by atoms with van der Waals surface area (Å²) in [6.45, 7) is 2.17. The van der Waals surface area contributed by atoms with Crippen LogP contribution in [0.2, 0.25) is 0 Å². The van der Waals surface area contributed by atoms with Gasteiger partial charge in [-0.1, -0.05) is 64.4 Å². The Balaban J connectivity index is 1.70. The number of nitrogens with zero attached hydrogens (tertiary/aromatic N) is 4. The van der Waals surface area contributed by atoms with Gasteiger partial charge in [0.1, 0.15) is 0 Å². The van der Waals surface area contributed by atoms with E-state index >= 15 is 0 Å². The maximum atomic E-state index is 4.18. The van der Waals surface area contributed by atoms with Crippen LogP contribution in [0, 0.1) is 0 Å². The van der Waals surface area contributed by atoms with Crippen molar-refractivity contribution in [2.45, 2.75) is 31.8 Å². The second-order valence-corrected chi connectivity index (χ2v) is 6.96. The topological polar surface area (TPSA) is 55.6 Å². The number of anilines is 1. The fourth-order valence-corrected chi connectivity index (χ4v) is 3.65. The molecule has 0 saturated carbocycles. The van der Waals surface area contributed by atoms with Gasteiger partial charge in [-0.05, 0) is 52.1 Å². The van der Waals surface area contributed by atoms with Gasteiger partial charge >= 0.3 is 0 Å². The van der Waals surface area contributed by atoms with Crippen molar-refractivity contribution in [3.8, 4) is 0 Å². The van der Waals surface area contributed by atoms with Crippen molar-refractivity contribution in [1.29, 1.82) is 0 Å². The van der Waals surface area contributed by atoms with E-state index in [1.54, 1.807) is 0 Å². The molecular weight excluding hydrogens is 366 g/mol. The molecule has 0 bridgehead atoms. The van der Waals surface area contributed by atoms with Crippen molar-refractivity contribution in [2.24, 2.45) is 0 Å². The zero-order valence-electron chi connectivity index (χ0n) is 13.4. The van der Waals surface area contributed by atoms with Gasteiger partial charge in [0, 0.05) is 4.47 Å². The van der Waals surface area contributed by atoms with E-state index in [-0.39, 0.29) is 12.1 Å². The smallest absolute Gasteiger partial charge is 0.243 e. The van der Waals surface area contributed by atoms with Crippen LogP contribution < -0.4 is 5.32 Å². The van der Waals surface area contributed by atoms with Gasteiger partial charge in [0.15, 0.2) is 0 Å². The summed E-state index contributed by atoms with van der Waals surface area (Å²) in [6, 6.07) is 17.5. The molecule has 2 atom stereocenters. The van der Waals surface area contributed by atoms with E-state index in [1.807, 2.05) is 10.7 Å². The molecule has 2 aromatic carbocycles. The first-order valence-electron chi connectivity index (χ1n) is 8.13. The molecule has 1 aliphatic heterocycles. The lowest BCUT2D eigenvalue weighted by atomic mass is 9.93. The predicted molar refractivity (Wildman–Crippen MR) is 96.9 cm³/mol. The quantitative estimate of drug-likeness (QED) is 0.737. The van der Waals surface area contributed by atoms with E-state index in [9.17, 15) is 0 Å². The van der Waals surface area contributed by atoms with E-state index in [0.29, 0.717) is 0 Å². The largest absolute Gasteiger partial charge is 0.346 e. The standard InChI is InChI=1S/C18H18BrN5/c1-2-12-6-8-13(9-7-12)16-11-17(14-4-3-5-15(19)10-14)24-18(20-16)21-22-23-24/h3-10,16-17H,2,11H2,1H3,(H,20,21,23). The summed E-state index contributed by atoms with van der Waals surface area (Å²) in [6.07, 6.45) is 1.96. The lowest BCUT2D eigenvalue weighted by Crippen LogP contribution is -2.28. The zero-order chi connectivity index (χ0) is 16.5. The Morgan fingerprint density at radius 2 is 2.00 bits per heavy atom. The maximum absolute atomic E-state index is 4.18. The fraction of sp³-hybridized carbons (Fsp3) is 0.278. The number of hydrogen-bond acceptors (Lipinski definition) is 4. The van der Waals surface area contributed by atoms with E-state index < -0.39 is 0 Å². The highest BCUT2D eigenvalue weighted by Gasteiger charge is 2.30. The number of nitrogens with one attached hydrogen (secondary N) is 1. The van der Waals surface area contributed by atoms with Crippen molar-refractivity contribution in [2.75, 3.05) is 5.32 Å². The lowest BCUT2D eigenvalue weighted by Gasteiger charge is -2.31. The molecule has 0 saturated heterocycles. The highest BCUT2D eigenvalue weighted by atomic mass is 79.9. The summed E-state index contributed by atoms with van der Waals surface area (Å²) in [5.74, 6) is 0.718. The summed E-state index contributed by atoms with van der Waals surface area (Å²) in [4.78, 5) is 0. The van der Waals surface area contributed by atoms with Gasteiger partial charge in [-0.15, -0.1) is 0 Å². The van der Waals surface area contributed by atoms with E-state index in [2.05, 4.69) is 86.2 Å². The van der Waals surface area contributed by atoms with Gasteiger partial charge in [0.25, 0.3) is 0 Å². The normalized spacial score (nSPS) is 19.6. The first-order valence-corrected chi connectivity index (χ1v) is 8.92. The maximum Gasteiger partial charge on any atom is 0.243 e. The van der Waals surface area contributed by atoms with Crippen LogP contribution in [0.1, 0.15) is 42.1 Å². The van der Waals surface area contributed by atoms with Crippen LogP contribution in [0.4, 0.5) is 5.95 Å². The average Bonchev–Trinajstić information content (AvgIpc) is 3.09. The highest BCUT2D eigenvalue weighted by molar-refractivity contribution is 9.10. The van der Waals surface area contributed by atoms with Crippen molar-refractivity contribution in [3.63, 3.8) is 0 Å². The molecule has 4 rings (SSSR count). The molecule has 2 heterocycles. The molecule has 0 fully saturated rings. The number of aromatic nitrogens is 4. The van der Waals surface area contributed by atoms with Gasteiger partial charge in [-0.25, -0.2) is 4.68 Å². The number of hydrogen-bond donors (Lipinski definition) is 1. The molecule has 1 aromatic heterocycles. The molecule has 3 aromatic rings. The van der Waals surface area contributed by atoms with Crippen LogP contribution >= 0.6 is 15.9 Å². The lowest BCUT2D eigenvalue weighted by molar-refractivity contribution is 0.423. The Bertz CT molecular complexity index is 843. The number of fused-ring (bicyclic) bond motifs is 1. The monoisotopic (exact) mass is 383 g/mol. The molecule has 6 heteroatoms. The second kappa shape index (κ2) is 6.36. The SMILES string of the molecule is CCc1ccc(C2CC(c3cccc(Br)c3)n3nnnc3N2)cc1. The van der Waals surface area contributed by atoms with Crippen LogP contribution in [-0.4, -0.2) is 20.2 Å². The van der Waals surface area contributed by atoms with Crippen molar-refractivity contribution < 1.29 is 0 Å². The Hall–Kier alpha value is -2.21. The van der Waals surface area contributed by atoms with Crippen LogP contribution in [0.5, 0.6) is 0 Å². The van der Waals surface area contributed by atoms with Crippen LogP contribution in [0.3, 0.4) is 0 Å². The summed E-state index contributed by atoms with van der Waals surface area (Å²) < 4.78 is 2.94. The Labute approximate surface area is 149 Å². The number of aryl methyl sites for hydroxylation is 1. The van der Waals surface area contributed by atoms with Crippen molar-refractivity contribution >= 4 is 21.9 Å². The Kier molecular flexibility index (Phi) is 4.06. The van der Waals surface area contributed by atoms with E-state index in [1.165, 1.54) is 16.7 Å². The van der Waals surface area contributed by atoms with Crippen molar-refractivity contribution in [1.82, 2.24) is 20.2 Å². The highest BCUT2D eigenvalue weighted by Crippen LogP contribution is 2.37. The third kappa shape index (κ3) is 2.82. The Morgan fingerprint density at radius 3 is 2.75 bits per heavy atom. The summed E-state index contributed by atoms with van der Waals surface area (Å²) in [5, 5.41) is 15.6. The number of halogens is 1. The zero-order valence-corrected chi connectivity index (χ0v) is 14.9. The third-order valence-corrected chi connectivity index (χ3v) is 5.07. The molecule has 0 aliphatic carbocycles. The van der Waals surface area contributed by atoms with Crippen molar-refractivity contribution in [3.05, 3.63) is 69.7 Å². The van der Waals surface area contributed by atoms with Crippen LogP contribution in [-0.2, 0) is 6.42 Å². The van der Waals surface area contributed by atoms with Gasteiger partial charge in [-0.2, -0.15) is 0 Å². The molecule has 24 heavy (non-hydrogen) atoms. The molecule has 1 N–H and O–H groups in total. The second-order valence-electron chi connectivity index (χ2n) is 6.05. The summed E-state index contributed by atoms with van der Waals surface area (Å²) >= 11 is 3.56. The summed E-state index contributed by atoms with van der Waals surface area (Å²) in [5.41, 5.74) is 3.82. The molecule has 0 spiro atoms. The van der Waals surface area contributed by atoms with E-state index in [4.69, 9.17) is 0 Å². The first-order chi connectivity index (χ1) is 11.7. The van der Waals surface area contributed by atoms with Gasteiger partial charge in [-0.3, -0.25) is 0 Å². The fourth-order valence-electron chi connectivity index (χ4n) is 3.23. The van der Waals surface area contributed by atoms with Crippen LogP contribution in [0.15, 0.2) is 53.0 Å². The average molecular weight is 384 g/mol. The summed E-state index contributed by atoms with van der Waals surface area (Å²) in [7, 11) is 0. The minimum atomic E-state index is 0.115. The third-order valence-electron chi connectivity index (χ3n) is 4.57. The van der Waals surface area contributed by atoms with Gasteiger partial charge in [0.05, 0.1) is 12.1 Å². The van der Waals surface area contributed by atoms with Crippen LogP contribution in [0.25, 0.3) is 0 Å². The molecular formula is C18H18BrN5. The number of benzene rings is 2. The number of tetrazole rings is 1. The number of rotatable bonds is 3. The Morgan fingerprint density at radius 1 is 1.17 bits per heavy atom. The van der Waals surface area contributed by atoms with E-state index in [0.717, 1.165) is 23.3 Å². The molecule has 0 radical (unpaired) electrons. The minimum Gasteiger partial charge on any atom is -0.346 e. The molecule has 0 amide bonds. The first kappa shape index (κ1) is 15.3. The molecule has 5 nitrogen and oxygen atoms in total. The predicted octanol–water partition coefficient (Wildman–Crippen LogP) is 4.14. The van der Waals surface area contributed by atoms with Gasteiger partial charge in [0.2, 0.25) is 5.95 Å². The molecule has 1 aliphatic rings. The minimum absolute atomic E-state index is 0.115. The molecule has 122 valence electrons. The molecule has 2 unspecified atom stereocenters.